The van der Waals surface area contributed by atoms with E-state index in [1.54, 1.807) is 0 Å². The second kappa shape index (κ2) is 4.24. The normalized spacial score (nSPS) is 20.4. The van der Waals surface area contributed by atoms with Crippen LogP contribution in [0.3, 0.4) is 0 Å². The van der Waals surface area contributed by atoms with Gasteiger partial charge in [0, 0.05) is 12.2 Å². The molecule has 1 heterocycles. The maximum absolute atomic E-state index is 5.43. The molecular weight excluding hydrogens is 178 g/mol. The van der Waals surface area contributed by atoms with E-state index in [-0.39, 0.29) is 6.23 Å². The number of rotatable bonds is 3. The molecule has 1 aromatic rings. The first-order valence-corrected chi connectivity index (χ1v) is 4.78. The third kappa shape index (κ3) is 1.93. The van der Waals surface area contributed by atoms with Gasteiger partial charge in [-0.1, -0.05) is 18.2 Å². The molecule has 0 radical (unpaired) electrons. The van der Waals surface area contributed by atoms with Crippen molar-refractivity contribution in [3.8, 4) is 0 Å². The summed E-state index contributed by atoms with van der Waals surface area (Å²) in [4.78, 5) is 4.32. The van der Waals surface area contributed by atoms with E-state index in [4.69, 9.17) is 9.47 Å². The summed E-state index contributed by atoms with van der Waals surface area (Å²) in [6.07, 6.45) is -0.129. The van der Waals surface area contributed by atoms with Gasteiger partial charge < -0.3 is 9.47 Å². The molecule has 3 nitrogen and oxygen atoms in total. The zero-order valence-electron chi connectivity index (χ0n) is 8.14. The number of hydrogen-bond acceptors (Lipinski definition) is 3. The van der Waals surface area contributed by atoms with Crippen LogP contribution in [-0.2, 0) is 9.47 Å². The molecular formula is C11H13NO2. The maximum Gasteiger partial charge on any atom is 0.218 e. The Bertz CT molecular complexity index is 321. The molecule has 1 aliphatic rings. The third-order valence-corrected chi connectivity index (χ3v) is 2.00. The molecule has 0 N–H and O–H groups in total. The van der Waals surface area contributed by atoms with Gasteiger partial charge in [0.05, 0.1) is 0 Å². The van der Waals surface area contributed by atoms with Crippen LogP contribution in [0.1, 0.15) is 12.5 Å². The molecule has 1 aromatic carbocycles. The highest BCUT2D eigenvalue weighted by atomic mass is 16.6. The highest BCUT2D eigenvalue weighted by Gasteiger charge is 2.19. The summed E-state index contributed by atoms with van der Waals surface area (Å²) in [7, 11) is 0. The Morgan fingerprint density at radius 3 is 2.93 bits per heavy atom. The van der Waals surface area contributed by atoms with Crippen LogP contribution in [0.15, 0.2) is 35.3 Å². The Hall–Kier alpha value is -1.35. The second-order valence-corrected chi connectivity index (χ2v) is 3.02. The first-order valence-electron chi connectivity index (χ1n) is 4.78. The van der Waals surface area contributed by atoms with Crippen molar-refractivity contribution in [2.45, 2.75) is 13.2 Å². The zero-order valence-corrected chi connectivity index (χ0v) is 8.14. The smallest absolute Gasteiger partial charge is 0.218 e. The summed E-state index contributed by atoms with van der Waals surface area (Å²) >= 11 is 0. The predicted molar refractivity (Wildman–Crippen MR) is 54.3 cm³/mol. The summed E-state index contributed by atoms with van der Waals surface area (Å²) in [6, 6.07) is 9.86. The minimum absolute atomic E-state index is 0.129. The minimum atomic E-state index is -0.129. The minimum Gasteiger partial charge on any atom is -0.473 e. The molecule has 2 rings (SSSR count). The van der Waals surface area contributed by atoms with E-state index in [0.717, 1.165) is 5.56 Å². The van der Waals surface area contributed by atoms with E-state index >= 15 is 0 Å². The van der Waals surface area contributed by atoms with E-state index in [2.05, 4.69) is 4.99 Å². The molecule has 1 aliphatic heterocycles. The quantitative estimate of drug-likeness (QED) is 0.729. The molecule has 14 heavy (non-hydrogen) atoms. The number of hydrogen-bond donors (Lipinski definition) is 0. The van der Waals surface area contributed by atoms with Crippen LogP contribution < -0.4 is 0 Å². The van der Waals surface area contributed by atoms with Crippen LogP contribution in [-0.4, -0.2) is 25.3 Å². The van der Waals surface area contributed by atoms with Gasteiger partial charge in [-0.3, -0.25) is 0 Å². The van der Waals surface area contributed by atoms with Gasteiger partial charge in [0.15, 0.2) is 6.23 Å². The van der Waals surface area contributed by atoms with E-state index < -0.39 is 0 Å². The molecule has 1 unspecified atom stereocenters. The molecule has 0 bridgehead atoms. The van der Waals surface area contributed by atoms with Gasteiger partial charge in [0.2, 0.25) is 5.90 Å². The molecule has 74 valence electrons. The fourth-order valence-corrected chi connectivity index (χ4v) is 1.37. The van der Waals surface area contributed by atoms with Crippen molar-refractivity contribution in [1.29, 1.82) is 0 Å². The number of ether oxygens (including phenoxy) is 2. The van der Waals surface area contributed by atoms with Crippen LogP contribution in [0.2, 0.25) is 0 Å². The van der Waals surface area contributed by atoms with Crippen molar-refractivity contribution in [3.05, 3.63) is 35.9 Å². The fraction of sp³-hybridized carbons (Fsp3) is 0.364. The van der Waals surface area contributed by atoms with Gasteiger partial charge in [0.25, 0.3) is 0 Å². The van der Waals surface area contributed by atoms with Gasteiger partial charge >= 0.3 is 0 Å². The van der Waals surface area contributed by atoms with Crippen LogP contribution in [0.25, 0.3) is 0 Å². The van der Waals surface area contributed by atoms with Crippen molar-refractivity contribution in [1.82, 2.24) is 0 Å². The summed E-state index contributed by atoms with van der Waals surface area (Å²) in [5.41, 5.74) is 1.01. The third-order valence-electron chi connectivity index (χ3n) is 2.00. The second-order valence-electron chi connectivity index (χ2n) is 3.02. The number of aliphatic imine (C=N–C) groups is 1. The zero-order chi connectivity index (χ0) is 9.80. The first-order chi connectivity index (χ1) is 6.90. The Kier molecular flexibility index (Phi) is 2.79. The van der Waals surface area contributed by atoms with Gasteiger partial charge in [-0.2, -0.15) is 0 Å². The molecule has 0 aliphatic carbocycles. The molecule has 3 heteroatoms. The summed E-state index contributed by atoms with van der Waals surface area (Å²) in [5, 5.41) is 0. The Morgan fingerprint density at radius 1 is 1.43 bits per heavy atom. The van der Waals surface area contributed by atoms with Crippen molar-refractivity contribution in [2.75, 3.05) is 13.2 Å². The first kappa shape index (κ1) is 9.21. The largest absolute Gasteiger partial charge is 0.473 e. The molecule has 0 saturated heterocycles. The van der Waals surface area contributed by atoms with Crippen LogP contribution in [0.4, 0.5) is 0 Å². The fourth-order valence-electron chi connectivity index (χ4n) is 1.37. The van der Waals surface area contributed by atoms with Gasteiger partial charge in [-0.25, -0.2) is 4.99 Å². The van der Waals surface area contributed by atoms with Crippen LogP contribution >= 0.6 is 0 Å². The van der Waals surface area contributed by atoms with E-state index in [1.165, 1.54) is 0 Å². The molecule has 0 aromatic heterocycles. The standard InChI is InChI=1S/C11H13NO2/c1-2-13-10-8-14-11(12-10)9-6-4-3-5-7-9/h3-7,10H,2,8H2,1H3. The van der Waals surface area contributed by atoms with E-state index in [9.17, 15) is 0 Å². The lowest BCUT2D eigenvalue weighted by atomic mass is 10.2. The van der Waals surface area contributed by atoms with Crippen molar-refractivity contribution in [2.24, 2.45) is 4.99 Å². The maximum atomic E-state index is 5.43. The van der Waals surface area contributed by atoms with Crippen LogP contribution in [0, 0.1) is 0 Å². The average molecular weight is 191 g/mol. The summed E-state index contributed by atoms with van der Waals surface area (Å²) in [5.74, 6) is 0.684. The molecule has 0 fully saturated rings. The lowest BCUT2D eigenvalue weighted by molar-refractivity contribution is 0.0495. The molecule has 0 spiro atoms. The predicted octanol–water partition coefficient (Wildman–Crippen LogP) is 1.83. The molecule has 0 saturated carbocycles. The SMILES string of the molecule is CCOC1COC(c2ccccc2)=N1. The lowest BCUT2D eigenvalue weighted by Crippen LogP contribution is -2.10. The van der Waals surface area contributed by atoms with Gasteiger partial charge in [-0.15, -0.1) is 0 Å². The highest BCUT2D eigenvalue weighted by Crippen LogP contribution is 2.12. The average Bonchev–Trinajstić information content (AvgIpc) is 2.68. The Balaban J connectivity index is 2.10. The molecule has 0 amide bonds. The molecule has 1 atom stereocenters. The Labute approximate surface area is 83.4 Å². The summed E-state index contributed by atoms with van der Waals surface area (Å²) < 4.78 is 10.8. The Morgan fingerprint density at radius 2 is 2.21 bits per heavy atom. The van der Waals surface area contributed by atoms with Crippen molar-refractivity contribution in [3.63, 3.8) is 0 Å². The van der Waals surface area contributed by atoms with Crippen molar-refractivity contribution < 1.29 is 9.47 Å². The van der Waals surface area contributed by atoms with Crippen molar-refractivity contribution >= 4 is 5.90 Å². The van der Waals surface area contributed by atoms with Gasteiger partial charge in [-0.05, 0) is 19.1 Å². The highest BCUT2D eigenvalue weighted by molar-refractivity contribution is 5.94. The number of benzene rings is 1. The van der Waals surface area contributed by atoms with Gasteiger partial charge in [0.1, 0.15) is 6.61 Å². The lowest BCUT2D eigenvalue weighted by Gasteiger charge is -2.02. The summed E-state index contributed by atoms with van der Waals surface area (Å²) in [6.45, 7) is 3.15. The monoisotopic (exact) mass is 191 g/mol. The van der Waals surface area contributed by atoms with Crippen LogP contribution in [0.5, 0.6) is 0 Å². The topological polar surface area (TPSA) is 30.8 Å². The van der Waals surface area contributed by atoms with E-state index in [0.29, 0.717) is 19.1 Å². The van der Waals surface area contributed by atoms with E-state index in [1.807, 2.05) is 37.3 Å². The number of nitrogens with zero attached hydrogens (tertiary/aromatic N) is 1.